The Kier molecular flexibility index (Phi) is 6.58. The molecule has 0 aliphatic heterocycles. The van der Waals surface area contributed by atoms with E-state index in [2.05, 4.69) is 15.2 Å². The monoisotopic (exact) mass is 355 g/mol. The number of ether oxygens (including phenoxy) is 1. The van der Waals surface area contributed by atoms with Crippen molar-refractivity contribution in [3.05, 3.63) is 53.3 Å². The molecular weight excluding hydrogens is 335 g/mol. The number of hydrogen-bond acceptors (Lipinski definition) is 3. The highest BCUT2D eigenvalue weighted by Crippen LogP contribution is 2.14. The van der Waals surface area contributed by atoms with Crippen LogP contribution in [0.3, 0.4) is 0 Å². The molecule has 0 aliphatic rings. The van der Waals surface area contributed by atoms with E-state index in [4.69, 9.17) is 0 Å². The fraction of sp³-hybridized carbons (Fsp3) is 0.412. The fourth-order valence-electron chi connectivity index (χ4n) is 2.39. The van der Waals surface area contributed by atoms with E-state index in [0.717, 1.165) is 11.3 Å². The highest BCUT2D eigenvalue weighted by Gasteiger charge is 2.27. The first-order valence-electron chi connectivity index (χ1n) is 7.92. The van der Waals surface area contributed by atoms with Gasteiger partial charge in [0.25, 0.3) is 5.91 Å². The van der Waals surface area contributed by atoms with Gasteiger partial charge in [0.1, 0.15) is 6.61 Å². The van der Waals surface area contributed by atoms with E-state index in [-0.39, 0.29) is 19.1 Å². The molecular formula is C17H20F3N3O2. The van der Waals surface area contributed by atoms with Crippen molar-refractivity contribution in [2.45, 2.75) is 26.1 Å². The van der Waals surface area contributed by atoms with Crippen molar-refractivity contribution in [1.82, 2.24) is 15.1 Å². The minimum Gasteiger partial charge on any atom is -0.370 e. The fourth-order valence-corrected chi connectivity index (χ4v) is 2.39. The summed E-state index contributed by atoms with van der Waals surface area (Å²) in [6, 6.07) is 9.73. The Hall–Kier alpha value is -2.35. The smallest absolute Gasteiger partial charge is 0.370 e. The van der Waals surface area contributed by atoms with E-state index in [9.17, 15) is 18.0 Å². The summed E-state index contributed by atoms with van der Waals surface area (Å²) in [5.74, 6) is -0.369. The molecule has 0 fully saturated rings. The van der Waals surface area contributed by atoms with E-state index in [1.165, 1.54) is 6.20 Å². The maximum absolute atomic E-state index is 12.2. The van der Waals surface area contributed by atoms with Crippen molar-refractivity contribution >= 4 is 5.91 Å². The van der Waals surface area contributed by atoms with E-state index in [0.29, 0.717) is 18.5 Å². The summed E-state index contributed by atoms with van der Waals surface area (Å²) in [5.41, 5.74) is 2.26. The average Bonchev–Trinajstić information content (AvgIpc) is 2.97. The summed E-state index contributed by atoms with van der Waals surface area (Å²) < 4.78 is 42.1. The third-order valence-electron chi connectivity index (χ3n) is 3.50. The first-order valence-corrected chi connectivity index (χ1v) is 7.92. The van der Waals surface area contributed by atoms with Crippen LogP contribution in [-0.4, -0.2) is 41.6 Å². The molecule has 1 aromatic heterocycles. The SMILES string of the molecule is CCc1c(C(=O)NCCOCC(F)(F)F)cnn1Cc1ccccc1. The van der Waals surface area contributed by atoms with Crippen LogP contribution in [0.2, 0.25) is 0 Å². The number of carbonyl (C=O) groups excluding carboxylic acids is 1. The van der Waals surface area contributed by atoms with Gasteiger partial charge in [0.15, 0.2) is 0 Å². The molecule has 0 unspecified atom stereocenters. The number of nitrogens with one attached hydrogen (secondary N) is 1. The number of nitrogens with zero attached hydrogens (tertiary/aromatic N) is 2. The minimum atomic E-state index is -4.36. The van der Waals surface area contributed by atoms with Crippen molar-refractivity contribution in [3.63, 3.8) is 0 Å². The molecule has 1 aromatic carbocycles. The molecule has 0 aliphatic carbocycles. The Morgan fingerprint density at radius 2 is 2.00 bits per heavy atom. The van der Waals surface area contributed by atoms with Crippen molar-refractivity contribution in [1.29, 1.82) is 0 Å². The van der Waals surface area contributed by atoms with Gasteiger partial charge >= 0.3 is 6.18 Å². The van der Waals surface area contributed by atoms with Crippen LogP contribution >= 0.6 is 0 Å². The zero-order valence-electron chi connectivity index (χ0n) is 13.8. The number of benzene rings is 1. The third-order valence-corrected chi connectivity index (χ3v) is 3.50. The normalized spacial score (nSPS) is 11.5. The van der Waals surface area contributed by atoms with Gasteiger partial charge in [-0.15, -0.1) is 0 Å². The number of rotatable bonds is 8. The maximum atomic E-state index is 12.2. The van der Waals surface area contributed by atoms with Gasteiger partial charge in [-0.1, -0.05) is 37.3 Å². The van der Waals surface area contributed by atoms with E-state index >= 15 is 0 Å². The van der Waals surface area contributed by atoms with Crippen LogP contribution in [0.25, 0.3) is 0 Å². The predicted molar refractivity (Wildman–Crippen MR) is 86.4 cm³/mol. The van der Waals surface area contributed by atoms with Gasteiger partial charge in [-0.05, 0) is 12.0 Å². The Morgan fingerprint density at radius 3 is 2.64 bits per heavy atom. The van der Waals surface area contributed by atoms with Crippen LogP contribution < -0.4 is 5.32 Å². The summed E-state index contributed by atoms with van der Waals surface area (Å²) in [5, 5.41) is 6.81. The highest BCUT2D eigenvalue weighted by atomic mass is 19.4. The Labute approximate surface area is 143 Å². The quantitative estimate of drug-likeness (QED) is 0.741. The zero-order chi connectivity index (χ0) is 18.3. The summed E-state index contributed by atoms with van der Waals surface area (Å²) in [7, 11) is 0. The predicted octanol–water partition coefficient (Wildman–Crippen LogP) is 2.80. The zero-order valence-corrected chi connectivity index (χ0v) is 13.8. The largest absolute Gasteiger partial charge is 0.411 e. The number of hydrogen-bond donors (Lipinski definition) is 1. The Bertz CT molecular complexity index is 684. The van der Waals surface area contributed by atoms with Gasteiger partial charge in [0.05, 0.1) is 30.6 Å². The molecule has 8 heteroatoms. The molecule has 0 saturated heterocycles. The van der Waals surface area contributed by atoms with Crippen molar-refractivity contribution < 1.29 is 22.7 Å². The van der Waals surface area contributed by atoms with Crippen LogP contribution in [0.15, 0.2) is 36.5 Å². The van der Waals surface area contributed by atoms with Crippen LogP contribution in [-0.2, 0) is 17.7 Å². The van der Waals surface area contributed by atoms with E-state index in [1.807, 2.05) is 37.3 Å². The second-order valence-electron chi connectivity index (χ2n) is 5.43. The average molecular weight is 355 g/mol. The second-order valence-corrected chi connectivity index (χ2v) is 5.43. The molecule has 1 N–H and O–H groups in total. The third kappa shape index (κ3) is 5.90. The lowest BCUT2D eigenvalue weighted by Crippen LogP contribution is -2.29. The number of alkyl halides is 3. The van der Waals surface area contributed by atoms with Gasteiger partial charge in [0.2, 0.25) is 0 Å². The van der Waals surface area contributed by atoms with Gasteiger partial charge < -0.3 is 10.1 Å². The Morgan fingerprint density at radius 1 is 1.28 bits per heavy atom. The van der Waals surface area contributed by atoms with Gasteiger partial charge in [-0.25, -0.2) is 0 Å². The molecule has 136 valence electrons. The van der Waals surface area contributed by atoms with E-state index < -0.39 is 12.8 Å². The Balaban J connectivity index is 1.91. The molecule has 25 heavy (non-hydrogen) atoms. The van der Waals surface area contributed by atoms with Gasteiger partial charge in [0, 0.05) is 6.54 Å². The maximum Gasteiger partial charge on any atom is 0.411 e. The first kappa shape index (κ1) is 19.0. The molecule has 5 nitrogen and oxygen atoms in total. The molecule has 0 radical (unpaired) electrons. The summed E-state index contributed by atoms with van der Waals surface area (Å²) in [6.07, 6.45) is -2.27. The highest BCUT2D eigenvalue weighted by molar-refractivity contribution is 5.95. The molecule has 2 aromatic rings. The first-order chi connectivity index (χ1) is 11.9. The summed E-state index contributed by atoms with van der Waals surface area (Å²) in [6.45, 7) is 0.943. The number of carbonyl (C=O) groups is 1. The second kappa shape index (κ2) is 8.66. The standard InChI is InChI=1S/C17H20F3N3O2/c1-2-15-14(16(24)21-8-9-25-12-17(18,19)20)10-22-23(15)11-13-6-4-3-5-7-13/h3-7,10H,2,8-9,11-12H2,1H3,(H,21,24). The van der Waals surface area contributed by atoms with Crippen LogP contribution in [0.4, 0.5) is 13.2 Å². The number of halogens is 3. The lowest BCUT2D eigenvalue weighted by molar-refractivity contribution is -0.173. The lowest BCUT2D eigenvalue weighted by atomic mass is 10.1. The van der Waals surface area contributed by atoms with E-state index in [1.54, 1.807) is 4.68 Å². The molecule has 0 atom stereocenters. The van der Waals surface area contributed by atoms with Crippen LogP contribution in [0.5, 0.6) is 0 Å². The minimum absolute atomic E-state index is 0.00192. The van der Waals surface area contributed by atoms with Gasteiger partial charge in [-0.2, -0.15) is 18.3 Å². The summed E-state index contributed by atoms with van der Waals surface area (Å²) >= 11 is 0. The van der Waals surface area contributed by atoms with Crippen molar-refractivity contribution in [3.8, 4) is 0 Å². The van der Waals surface area contributed by atoms with Crippen molar-refractivity contribution in [2.24, 2.45) is 0 Å². The van der Waals surface area contributed by atoms with Crippen molar-refractivity contribution in [2.75, 3.05) is 19.8 Å². The molecule has 0 saturated carbocycles. The lowest BCUT2D eigenvalue weighted by Gasteiger charge is -2.10. The van der Waals surface area contributed by atoms with Crippen LogP contribution in [0, 0.1) is 0 Å². The van der Waals surface area contributed by atoms with Gasteiger partial charge in [-0.3, -0.25) is 9.48 Å². The molecule has 1 heterocycles. The molecule has 2 rings (SSSR count). The molecule has 1 amide bonds. The summed E-state index contributed by atoms with van der Waals surface area (Å²) in [4.78, 5) is 12.2. The number of aromatic nitrogens is 2. The molecule has 0 spiro atoms. The topological polar surface area (TPSA) is 56.1 Å². The molecule has 0 bridgehead atoms. The number of amides is 1. The van der Waals surface area contributed by atoms with Crippen LogP contribution in [0.1, 0.15) is 28.5 Å².